The Morgan fingerprint density at radius 3 is 2.21 bits per heavy atom. The molecule has 0 fully saturated rings. The van der Waals surface area contributed by atoms with Crippen molar-refractivity contribution in [2.75, 3.05) is 7.11 Å². The molecule has 0 aliphatic rings. The summed E-state index contributed by atoms with van der Waals surface area (Å²) in [6.45, 7) is 0. The molecule has 1 atom stereocenters. The van der Waals surface area contributed by atoms with Crippen molar-refractivity contribution in [3.8, 4) is 5.75 Å². The van der Waals surface area contributed by atoms with E-state index >= 15 is 0 Å². The van der Waals surface area contributed by atoms with Crippen LogP contribution < -0.4 is 4.74 Å². The molecular formula is C15H14O4. The first-order valence-electron chi connectivity index (χ1n) is 5.78. The Morgan fingerprint density at radius 2 is 1.68 bits per heavy atom. The van der Waals surface area contributed by atoms with E-state index in [1.165, 1.54) is 12.1 Å². The summed E-state index contributed by atoms with van der Waals surface area (Å²) in [5, 5.41) is 8.82. The summed E-state index contributed by atoms with van der Waals surface area (Å²) in [5.41, 5.74) is 1.12. The molecule has 0 spiro atoms. The van der Waals surface area contributed by atoms with Gasteiger partial charge in [-0.15, -0.1) is 0 Å². The molecule has 2 aromatic carbocycles. The van der Waals surface area contributed by atoms with E-state index in [4.69, 9.17) is 14.6 Å². The minimum atomic E-state index is -0.960. The van der Waals surface area contributed by atoms with Crippen molar-refractivity contribution in [1.82, 2.24) is 0 Å². The molecule has 0 bridgehead atoms. The molecule has 0 aromatic heterocycles. The topological polar surface area (TPSA) is 55.8 Å². The van der Waals surface area contributed by atoms with E-state index in [9.17, 15) is 4.79 Å². The van der Waals surface area contributed by atoms with E-state index < -0.39 is 12.3 Å². The molecule has 0 saturated carbocycles. The number of carboxylic acids is 1. The molecule has 4 heteroatoms. The van der Waals surface area contributed by atoms with Crippen LogP contribution in [0.5, 0.6) is 5.75 Å². The Bertz CT molecular complexity index is 534. The van der Waals surface area contributed by atoms with Crippen LogP contribution >= 0.6 is 0 Å². The Balaban J connectivity index is 2.12. The molecule has 0 radical (unpaired) electrons. The fourth-order valence-corrected chi connectivity index (χ4v) is 1.66. The van der Waals surface area contributed by atoms with Crippen molar-refractivity contribution in [2.45, 2.75) is 6.29 Å². The second-order valence-corrected chi connectivity index (χ2v) is 3.93. The molecule has 98 valence electrons. The molecule has 0 aliphatic carbocycles. The number of rotatable bonds is 5. The predicted molar refractivity (Wildman–Crippen MR) is 70.2 cm³/mol. The van der Waals surface area contributed by atoms with Gasteiger partial charge in [0.05, 0.1) is 5.56 Å². The molecule has 0 amide bonds. The third-order valence-electron chi connectivity index (χ3n) is 2.63. The van der Waals surface area contributed by atoms with E-state index in [0.29, 0.717) is 5.75 Å². The van der Waals surface area contributed by atoms with Gasteiger partial charge < -0.3 is 14.6 Å². The number of methoxy groups -OCH3 is 1. The van der Waals surface area contributed by atoms with Crippen LogP contribution in [0.3, 0.4) is 0 Å². The van der Waals surface area contributed by atoms with E-state index in [0.717, 1.165) is 5.56 Å². The Hall–Kier alpha value is -2.33. The second kappa shape index (κ2) is 6.02. The quantitative estimate of drug-likeness (QED) is 0.837. The first kappa shape index (κ1) is 13.1. The molecule has 0 aliphatic heterocycles. The normalized spacial score (nSPS) is 11.8. The van der Waals surface area contributed by atoms with Crippen molar-refractivity contribution in [1.29, 1.82) is 0 Å². The lowest BCUT2D eigenvalue weighted by molar-refractivity contribution is -0.0562. The maximum absolute atomic E-state index is 10.7. The fourth-order valence-electron chi connectivity index (χ4n) is 1.66. The number of carbonyl (C=O) groups is 1. The number of hydrogen-bond acceptors (Lipinski definition) is 3. The van der Waals surface area contributed by atoms with Gasteiger partial charge in [-0.25, -0.2) is 4.79 Å². The predicted octanol–water partition coefficient (Wildman–Crippen LogP) is 3.11. The first-order chi connectivity index (χ1) is 9.20. The van der Waals surface area contributed by atoms with Gasteiger partial charge in [-0.2, -0.15) is 0 Å². The maximum atomic E-state index is 10.7. The minimum absolute atomic E-state index is 0.223. The summed E-state index contributed by atoms with van der Waals surface area (Å²) < 4.78 is 10.9. The SMILES string of the molecule is COC(Oc1ccc(C(=O)O)cc1)c1ccccc1. The summed E-state index contributed by atoms with van der Waals surface area (Å²) in [6, 6.07) is 15.7. The Labute approximate surface area is 111 Å². The first-order valence-corrected chi connectivity index (χ1v) is 5.78. The second-order valence-electron chi connectivity index (χ2n) is 3.93. The lowest BCUT2D eigenvalue weighted by Crippen LogP contribution is -2.09. The molecule has 2 rings (SSSR count). The zero-order valence-corrected chi connectivity index (χ0v) is 10.4. The van der Waals surface area contributed by atoms with Gasteiger partial charge in [0, 0.05) is 12.7 Å². The molecule has 19 heavy (non-hydrogen) atoms. The van der Waals surface area contributed by atoms with Gasteiger partial charge in [-0.3, -0.25) is 0 Å². The average molecular weight is 258 g/mol. The smallest absolute Gasteiger partial charge is 0.335 e. The summed E-state index contributed by atoms with van der Waals surface area (Å²) in [5.74, 6) is -0.404. The highest BCUT2D eigenvalue weighted by Gasteiger charge is 2.12. The molecule has 1 unspecified atom stereocenters. The van der Waals surface area contributed by atoms with Gasteiger partial charge in [0.25, 0.3) is 0 Å². The highest BCUT2D eigenvalue weighted by Crippen LogP contribution is 2.22. The Kier molecular flexibility index (Phi) is 4.15. The number of benzene rings is 2. The zero-order chi connectivity index (χ0) is 13.7. The number of aromatic carboxylic acids is 1. The highest BCUT2D eigenvalue weighted by atomic mass is 16.7. The van der Waals surface area contributed by atoms with Crippen LogP contribution in [-0.2, 0) is 4.74 Å². The monoisotopic (exact) mass is 258 g/mol. The molecule has 0 saturated heterocycles. The van der Waals surface area contributed by atoms with E-state index in [1.54, 1.807) is 19.2 Å². The van der Waals surface area contributed by atoms with Crippen LogP contribution in [0.15, 0.2) is 54.6 Å². The minimum Gasteiger partial charge on any atom is -0.478 e. The average Bonchev–Trinajstić information content (AvgIpc) is 2.46. The van der Waals surface area contributed by atoms with Gasteiger partial charge in [0.1, 0.15) is 5.75 Å². The van der Waals surface area contributed by atoms with Crippen LogP contribution in [0.25, 0.3) is 0 Å². The summed E-state index contributed by atoms with van der Waals surface area (Å²) >= 11 is 0. The van der Waals surface area contributed by atoms with Gasteiger partial charge >= 0.3 is 5.97 Å². The van der Waals surface area contributed by atoms with Crippen LogP contribution in [0, 0.1) is 0 Å². The highest BCUT2D eigenvalue weighted by molar-refractivity contribution is 5.87. The standard InChI is InChI=1S/C15H14O4/c1-18-15(12-5-3-2-4-6-12)19-13-9-7-11(8-10-13)14(16)17/h2-10,15H,1H3,(H,16,17). The number of carboxylic acid groups (broad SMARTS) is 1. The molecular weight excluding hydrogens is 244 g/mol. The van der Waals surface area contributed by atoms with E-state index in [1.807, 2.05) is 30.3 Å². The van der Waals surface area contributed by atoms with Crippen molar-refractivity contribution < 1.29 is 19.4 Å². The number of hydrogen-bond donors (Lipinski definition) is 1. The lowest BCUT2D eigenvalue weighted by Gasteiger charge is -2.17. The van der Waals surface area contributed by atoms with Crippen LogP contribution in [0.1, 0.15) is 22.2 Å². The number of ether oxygens (including phenoxy) is 2. The molecule has 2 aromatic rings. The van der Waals surface area contributed by atoms with Gasteiger partial charge in [0.2, 0.25) is 6.29 Å². The largest absolute Gasteiger partial charge is 0.478 e. The zero-order valence-electron chi connectivity index (χ0n) is 10.4. The fraction of sp³-hybridized carbons (Fsp3) is 0.133. The van der Waals surface area contributed by atoms with Crippen molar-refractivity contribution in [3.63, 3.8) is 0 Å². The van der Waals surface area contributed by atoms with Crippen molar-refractivity contribution in [2.24, 2.45) is 0 Å². The third-order valence-corrected chi connectivity index (χ3v) is 2.63. The molecule has 0 heterocycles. The summed E-state index contributed by atoms with van der Waals surface area (Å²) in [4.78, 5) is 10.7. The van der Waals surface area contributed by atoms with E-state index in [2.05, 4.69) is 0 Å². The Morgan fingerprint density at radius 1 is 1.05 bits per heavy atom. The summed E-state index contributed by atoms with van der Waals surface area (Å²) in [7, 11) is 1.56. The van der Waals surface area contributed by atoms with Crippen LogP contribution in [0.4, 0.5) is 0 Å². The van der Waals surface area contributed by atoms with E-state index in [-0.39, 0.29) is 5.56 Å². The van der Waals surface area contributed by atoms with Crippen LogP contribution in [-0.4, -0.2) is 18.2 Å². The van der Waals surface area contributed by atoms with Crippen LogP contribution in [0.2, 0.25) is 0 Å². The van der Waals surface area contributed by atoms with Crippen molar-refractivity contribution >= 4 is 5.97 Å². The van der Waals surface area contributed by atoms with Gasteiger partial charge in [-0.05, 0) is 24.3 Å². The van der Waals surface area contributed by atoms with Gasteiger partial charge in [0.15, 0.2) is 0 Å². The molecule has 1 N–H and O–H groups in total. The third kappa shape index (κ3) is 3.33. The lowest BCUT2D eigenvalue weighted by atomic mass is 10.2. The summed E-state index contributed by atoms with van der Waals surface area (Å²) in [6.07, 6.45) is -0.517. The molecule has 4 nitrogen and oxygen atoms in total. The van der Waals surface area contributed by atoms with Gasteiger partial charge in [-0.1, -0.05) is 30.3 Å². The van der Waals surface area contributed by atoms with Crippen molar-refractivity contribution in [3.05, 3.63) is 65.7 Å². The maximum Gasteiger partial charge on any atom is 0.335 e.